The highest BCUT2D eigenvalue weighted by Gasteiger charge is 2.54. The van der Waals surface area contributed by atoms with E-state index in [1.807, 2.05) is 91.0 Å². The molecule has 7 nitrogen and oxygen atoms in total. The van der Waals surface area contributed by atoms with E-state index in [9.17, 15) is 9.59 Å². The Balaban J connectivity index is 1.42. The molecule has 182 valence electrons. The van der Waals surface area contributed by atoms with E-state index < -0.39 is 18.1 Å². The van der Waals surface area contributed by atoms with Crippen LogP contribution in [0.2, 0.25) is 0 Å². The predicted molar refractivity (Wildman–Crippen MR) is 137 cm³/mol. The van der Waals surface area contributed by atoms with Crippen LogP contribution in [-0.2, 0) is 19.2 Å². The summed E-state index contributed by atoms with van der Waals surface area (Å²) < 4.78 is 6.03. The zero-order chi connectivity index (χ0) is 24.9. The topological polar surface area (TPSA) is 88.4 Å². The lowest BCUT2D eigenvalue weighted by Crippen LogP contribution is -2.64. The van der Waals surface area contributed by atoms with Crippen molar-refractivity contribution in [3.8, 4) is 0 Å². The number of aliphatic imine (C=N–C) groups is 1. The number of nitrogens with zero attached hydrogens (tertiary/aromatic N) is 2. The van der Waals surface area contributed by atoms with Gasteiger partial charge in [-0.15, -0.1) is 11.8 Å². The van der Waals surface area contributed by atoms with Crippen molar-refractivity contribution in [3.05, 3.63) is 119 Å². The fourth-order valence-corrected chi connectivity index (χ4v) is 5.62. The van der Waals surface area contributed by atoms with Crippen LogP contribution in [0, 0.1) is 0 Å². The van der Waals surface area contributed by atoms with Crippen LogP contribution in [0.25, 0.3) is 0 Å². The first-order valence-electron chi connectivity index (χ1n) is 11.5. The molecule has 1 N–H and O–H groups in total. The van der Waals surface area contributed by atoms with Gasteiger partial charge in [-0.3, -0.25) is 19.9 Å². The fraction of sp³-hybridized carbons (Fsp3) is 0.179. The summed E-state index contributed by atoms with van der Waals surface area (Å²) in [5.41, 5.74) is 3.10. The summed E-state index contributed by atoms with van der Waals surface area (Å²) in [5.74, 6) is -0.542. The number of rotatable bonds is 8. The van der Waals surface area contributed by atoms with Gasteiger partial charge in [-0.05, 0) is 22.3 Å². The Morgan fingerprint density at radius 2 is 1.58 bits per heavy atom. The molecule has 0 saturated carbocycles. The minimum absolute atomic E-state index is 0.112. The standard InChI is InChI=1S/C28H24N2O5S/c31-26-23(29-16-19-10-4-1-5-11-19)27-30(26)24(22(17-34-33)18-36-27)28(32)35-25(20-12-6-2-7-13-20)21-14-8-3-9-15-21/h1-16,23,25,27,33H,17-18H2/t23-,27+/m1/s1. The molecule has 0 aliphatic carbocycles. The fourth-order valence-electron chi connectivity index (χ4n) is 4.30. The predicted octanol–water partition coefficient (Wildman–Crippen LogP) is 4.47. The second kappa shape index (κ2) is 10.9. The average molecular weight is 501 g/mol. The zero-order valence-electron chi connectivity index (χ0n) is 19.3. The van der Waals surface area contributed by atoms with Crippen LogP contribution in [0.3, 0.4) is 0 Å². The third-order valence-electron chi connectivity index (χ3n) is 6.06. The van der Waals surface area contributed by atoms with Gasteiger partial charge in [0.25, 0.3) is 5.91 Å². The summed E-state index contributed by atoms with van der Waals surface area (Å²) in [5, 5.41) is 8.79. The van der Waals surface area contributed by atoms with E-state index in [0.29, 0.717) is 11.3 Å². The normalized spacial score (nSPS) is 19.4. The summed E-state index contributed by atoms with van der Waals surface area (Å²) in [6.07, 6.45) is 1.01. The van der Waals surface area contributed by atoms with E-state index in [0.717, 1.165) is 16.7 Å². The van der Waals surface area contributed by atoms with E-state index >= 15 is 0 Å². The quantitative estimate of drug-likeness (QED) is 0.162. The number of ether oxygens (including phenoxy) is 1. The van der Waals surface area contributed by atoms with Crippen LogP contribution in [0.1, 0.15) is 22.8 Å². The summed E-state index contributed by atoms with van der Waals surface area (Å²) in [4.78, 5) is 37.0. The molecule has 8 heteroatoms. The van der Waals surface area contributed by atoms with Gasteiger partial charge in [0.2, 0.25) is 0 Å². The Morgan fingerprint density at radius 1 is 1.00 bits per heavy atom. The molecule has 1 saturated heterocycles. The molecule has 5 rings (SSSR count). The maximum Gasteiger partial charge on any atom is 0.356 e. The molecule has 2 atom stereocenters. The van der Waals surface area contributed by atoms with Crippen molar-refractivity contribution in [2.75, 3.05) is 12.4 Å². The third kappa shape index (κ3) is 4.83. The van der Waals surface area contributed by atoms with E-state index in [4.69, 9.17) is 9.99 Å². The highest BCUT2D eigenvalue weighted by atomic mass is 32.2. The van der Waals surface area contributed by atoms with Crippen molar-refractivity contribution < 1.29 is 24.5 Å². The number of carbonyl (C=O) groups is 2. The van der Waals surface area contributed by atoms with E-state index in [2.05, 4.69) is 9.88 Å². The molecule has 2 aliphatic heterocycles. The summed E-state index contributed by atoms with van der Waals surface area (Å²) in [6, 6.07) is 27.8. The van der Waals surface area contributed by atoms with Gasteiger partial charge in [0, 0.05) is 12.0 Å². The number of benzene rings is 3. The highest BCUT2D eigenvalue weighted by molar-refractivity contribution is 8.00. The largest absolute Gasteiger partial charge is 0.448 e. The number of β-lactam (4-membered cyclic amide) rings is 1. The number of amides is 1. The van der Waals surface area contributed by atoms with Crippen LogP contribution in [0.5, 0.6) is 0 Å². The summed E-state index contributed by atoms with van der Waals surface area (Å²) in [7, 11) is 0. The Bertz CT molecular complexity index is 1240. The maximum atomic E-state index is 13.6. The SMILES string of the molecule is O=C(OC(c1ccccc1)c1ccccc1)C1=C(COO)CS[C@H]2[C@H](N=Cc3ccccc3)C(=O)N12. The van der Waals surface area contributed by atoms with Crippen molar-refractivity contribution >= 4 is 29.9 Å². The van der Waals surface area contributed by atoms with E-state index in [-0.39, 0.29) is 23.6 Å². The molecular formula is C28H24N2O5S. The first-order valence-corrected chi connectivity index (χ1v) is 12.5. The van der Waals surface area contributed by atoms with E-state index in [1.165, 1.54) is 16.7 Å². The van der Waals surface area contributed by atoms with Crippen molar-refractivity contribution in [2.24, 2.45) is 4.99 Å². The van der Waals surface area contributed by atoms with Gasteiger partial charge in [-0.1, -0.05) is 91.0 Å². The molecule has 0 aromatic heterocycles. The first kappa shape index (κ1) is 24.0. The number of fused-ring (bicyclic) bond motifs is 1. The van der Waals surface area contributed by atoms with Gasteiger partial charge in [0.15, 0.2) is 12.1 Å². The lowest BCUT2D eigenvalue weighted by Gasteiger charge is -2.48. The van der Waals surface area contributed by atoms with Crippen LogP contribution >= 0.6 is 11.8 Å². The Hall–Kier alpha value is -3.72. The minimum Gasteiger partial charge on any atom is -0.448 e. The second-order valence-corrected chi connectivity index (χ2v) is 9.48. The second-order valence-electron chi connectivity index (χ2n) is 8.38. The van der Waals surface area contributed by atoms with Crippen LogP contribution in [0.15, 0.2) is 107 Å². The van der Waals surface area contributed by atoms with Crippen LogP contribution in [0.4, 0.5) is 0 Å². The zero-order valence-corrected chi connectivity index (χ0v) is 20.1. The molecule has 0 unspecified atom stereocenters. The molecule has 1 fully saturated rings. The average Bonchev–Trinajstić information content (AvgIpc) is 2.93. The van der Waals surface area contributed by atoms with Gasteiger partial charge in [0.05, 0.1) is 0 Å². The Kier molecular flexibility index (Phi) is 7.27. The van der Waals surface area contributed by atoms with Gasteiger partial charge in [0.1, 0.15) is 17.7 Å². The molecule has 0 radical (unpaired) electrons. The molecular weight excluding hydrogens is 476 g/mol. The van der Waals surface area contributed by atoms with Gasteiger partial charge in [-0.2, -0.15) is 0 Å². The first-order chi connectivity index (χ1) is 17.7. The van der Waals surface area contributed by atoms with Gasteiger partial charge < -0.3 is 4.74 Å². The van der Waals surface area contributed by atoms with Gasteiger partial charge in [-0.25, -0.2) is 9.68 Å². The molecule has 2 heterocycles. The highest BCUT2D eigenvalue weighted by Crippen LogP contribution is 2.42. The lowest BCUT2D eigenvalue weighted by molar-refractivity contribution is -0.234. The molecule has 3 aromatic carbocycles. The minimum atomic E-state index is -0.667. The van der Waals surface area contributed by atoms with E-state index in [1.54, 1.807) is 6.21 Å². The number of hydrogen-bond donors (Lipinski definition) is 1. The molecule has 1 amide bonds. The number of esters is 1. The number of thioether (sulfide) groups is 1. The molecule has 3 aromatic rings. The van der Waals surface area contributed by atoms with Crippen LogP contribution in [-0.4, -0.2) is 52.0 Å². The Morgan fingerprint density at radius 3 is 2.17 bits per heavy atom. The Labute approximate surface area is 213 Å². The van der Waals surface area contributed by atoms with Crippen molar-refractivity contribution in [2.45, 2.75) is 17.5 Å². The smallest absolute Gasteiger partial charge is 0.356 e. The number of carbonyl (C=O) groups excluding carboxylic acids is 2. The maximum absolute atomic E-state index is 13.6. The van der Waals surface area contributed by atoms with Crippen molar-refractivity contribution in [1.29, 1.82) is 0 Å². The summed E-state index contributed by atoms with van der Waals surface area (Å²) >= 11 is 1.48. The van der Waals surface area contributed by atoms with Crippen molar-refractivity contribution in [1.82, 2.24) is 4.90 Å². The lowest BCUT2D eigenvalue weighted by atomic mass is 10.0. The molecule has 36 heavy (non-hydrogen) atoms. The molecule has 0 bridgehead atoms. The third-order valence-corrected chi connectivity index (χ3v) is 7.39. The van der Waals surface area contributed by atoms with Gasteiger partial charge >= 0.3 is 5.97 Å². The summed E-state index contributed by atoms with van der Waals surface area (Å²) in [6.45, 7) is -0.201. The molecule has 0 spiro atoms. The van der Waals surface area contributed by atoms with Crippen molar-refractivity contribution in [3.63, 3.8) is 0 Å². The molecule has 2 aliphatic rings. The van der Waals surface area contributed by atoms with Crippen LogP contribution < -0.4 is 0 Å². The monoisotopic (exact) mass is 500 g/mol. The number of hydrogen-bond acceptors (Lipinski definition) is 7.